The van der Waals surface area contributed by atoms with Gasteiger partial charge in [-0.25, -0.2) is 0 Å². The molecule has 0 heterocycles. The summed E-state index contributed by atoms with van der Waals surface area (Å²) in [5.41, 5.74) is -2.79. The fourth-order valence-electron chi connectivity index (χ4n) is 1.40. The minimum Gasteiger partial charge on any atom is -0.493 e. The van der Waals surface area contributed by atoms with E-state index in [1.165, 1.54) is 7.11 Å². The van der Waals surface area contributed by atoms with Crippen LogP contribution in [0.2, 0.25) is 0 Å². The van der Waals surface area contributed by atoms with Gasteiger partial charge in [-0.15, -0.1) is 0 Å². The van der Waals surface area contributed by atoms with Gasteiger partial charge < -0.3 is 9.47 Å². The number of ether oxygens (including phenoxy) is 2. The lowest BCUT2D eigenvalue weighted by Crippen LogP contribution is -2.12. The van der Waals surface area contributed by atoms with E-state index in [-0.39, 0.29) is 12.7 Å². The highest BCUT2D eigenvalue weighted by atomic mass is 19.4. The van der Waals surface area contributed by atoms with Crippen LogP contribution in [0.1, 0.15) is 17.5 Å². The van der Waals surface area contributed by atoms with Crippen molar-refractivity contribution in [2.45, 2.75) is 18.8 Å². The lowest BCUT2D eigenvalue weighted by molar-refractivity contribution is -0.143. The minimum absolute atomic E-state index is 0.0353. The Morgan fingerprint density at radius 3 is 1.75 bits per heavy atom. The highest BCUT2D eigenvalue weighted by Crippen LogP contribution is 2.38. The SMILES string of the molecule is COCCCOc1cc(C(F)(F)F)cc(C(F)(F)F)c1. The molecule has 114 valence electrons. The number of halogens is 6. The zero-order valence-corrected chi connectivity index (χ0v) is 10.4. The molecule has 0 aliphatic rings. The summed E-state index contributed by atoms with van der Waals surface area (Å²) >= 11 is 0. The van der Waals surface area contributed by atoms with E-state index in [0.29, 0.717) is 25.2 Å². The second-order valence-electron chi connectivity index (χ2n) is 3.94. The first-order chi connectivity index (χ1) is 9.14. The molecule has 0 spiro atoms. The van der Waals surface area contributed by atoms with Gasteiger partial charge in [-0.2, -0.15) is 26.3 Å². The topological polar surface area (TPSA) is 18.5 Å². The molecule has 0 aromatic heterocycles. The third-order valence-corrected chi connectivity index (χ3v) is 2.32. The van der Waals surface area contributed by atoms with Crippen molar-refractivity contribution in [3.05, 3.63) is 29.3 Å². The molecule has 0 saturated heterocycles. The summed E-state index contributed by atoms with van der Waals surface area (Å²) in [7, 11) is 1.42. The molecular formula is C12H12F6O2. The maximum atomic E-state index is 12.5. The van der Waals surface area contributed by atoms with Gasteiger partial charge in [0.25, 0.3) is 0 Å². The zero-order chi connectivity index (χ0) is 15.4. The maximum Gasteiger partial charge on any atom is 0.416 e. The Morgan fingerprint density at radius 2 is 1.35 bits per heavy atom. The lowest BCUT2D eigenvalue weighted by Gasteiger charge is -2.14. The van der Waals surface area contributed by atoms with Gasteiger partial charge in [-0.1, -0.05) is 0 Å². The van der Waals surface area contributed by atoms with Crippen LogP contribution in [0.25, 0.3) is 0 Å². The van der Waals surface area contributed by atoms with Crippen molar-refractivity contribution in [1.82, 2.24) is 0 Å². The first kappa shape index (κ1) is 16.6. The largest absolute Gasteiger partial charge is 0.493 e. The normalized spacial score (nSPS) is 12.6. The van der Waals surface area contributed by atoms with Gasteiger partial charge in [0.05, 0.1) is 17.7 Å². The molecule has 0 aliphatic carbocycles. The molecule has 0 aliphatic heterocycles. The van der Waals surface area contributed by atoms with Crippen LogP contribution in [0.5, 0.6) is 5.75 Å². The molecule has 0 fully saturated rings. The average Bonchev–Trinajstić information content (AvgIpc) is 2.32. The van der Waals surface area contributed by atoms with Gasteiger partial charge in [0, 0.05) is 20.1 Å². The van der Waals surface area contributed by atoms with E-state index in [1.807, 2.05) is 0 Å². The molecule has 20 heavy (non-hydrogen) atoms. The molecule has 8 heteroatoms. The third-order valence-electron chi connectivity index (χ3n) is 2.32. The fraction of sp³-hybridized carbons (Fsp3) is 0.500. The predicted molar refractivity (Wildman–Crippen MR) is 58.4 cm³/mol. The van der Waals surface area contributed by atoms with Crippen LogP contribution in [0.3, 0.4) is 0 Å². The van der Waals surface area contributed by atoms with Crippen LogP contribution in [-0.4, -0.2) is 20.3 Å². The number of benzene rings is 1. The van der Waals surface area contributed by atoms with Crippen molar-refractivity contribution in [3.8, 4) is 5.75 Å². The van der Waals surface area contributed by atoms with Gasteiger partial charge in [-0.05, 0) is 18.2 Å². The minimum atomic E-state index is -4.87. The number of hydrogen-bond donors (Lipinski definition) is 0. The molecule has 0 unspecified atom stereocenters. The predicted octanol–water partition coefficient (Wildman–Crippen LogP) is 4.14. The molecule has 0 saturated carbocycles. The van der Waals surface area contributed by atoms with Crippen molar-refractivity contribution in [2.24, 2.45) is 0 Å². The molecule has 0 atom stereocenters. The molecule has 1 aromatic rings. The van der Waals surface area contributed by atoms with Crippen LogP contribution < -0.4 is 4.74 Å². The van der Waals surface area contributed by atoms with Gasteiger partial charge in [0.1, 0.15) is 5.75 Å². The Kier molecular flexibility index (Phi) is 5.27. The van der Waals surface area contributed by atoms with Crippen LogP contribution in [0.15, 0.2) is 18.2 Å². The van der Waals surface area contributed by atoms with E-state index < -0.39 is 29.2 Å². The Hall–Kier alpha value is -1.44. The summed E-state index contributed by atoms with van der Waals surface area (Å²) in [5.74, 6) is -0.469. The van der Waals surface area contributed by atoms with E-state index in [0.717, 1.165) is 0 Å². The molecule has 1 aromatic carbocycles. The van der Waals surface area contributed by atoms with Gasteiger partial charge in [-0.3, -0.25) is 0 Å². The summed E-state index contributed by atoms with van der Waals surface area (Å²) in [6, 6.07) is 1.14. The molecule has 2 nitrogen and oxygen atoms in total. The summed E-state index contributed by atoms with van der Waals surface area (Å²) in [6.45, 7) is 0.261. The summed E-state index contributed by atoms with van der Waals surface area (Å²) in [5, 5.41) is 0. The quantitative estimate of drug-likeness (QED) is 0.601. The number of alkyl halides is 6. The first-order valence-electron chi connectivity index (χ1n) is 5.56. The first-order valence-corrected chi connectivity index (χ1v) is 5.56. The molecular weight excluding hydrogens is 290 g/mol. The van der Waals surface area contributed by atoms with Gasteiger partial charge in [0.2, 0.25) is 0 Å². The Morgan fingerprint density at radius 1 is 0.850 bits per heavy atom. The zero-order valence-electron chi connectivity index (χ0n) is 10.4. The van der Waals surface area contributed by atoms with Crippen molar-refractivity contribution >= 4 is 0 Å². The van der Waals surface area contributed by atoms with E-state index in [1.54, 1.807) is 0 Å². The Bertz CT molecular complexity index is 406. The highest BCUT2D eigenvalue weighted by Gasteiger charge is 2.37. The number of rotatable bonds is 5. The second kappa shape index (κ2) is 6.34. The molecule has 0 bridgehead atoms. The van der Waals surface area contributed by atoms with E-state index in [4.69, 9.17) is 9.47 Å². The van der Waals surface area contributed by atoms with Crippen LogP contribution >= 0.6 is 0 Å². The smallest absolute Gasteiger partial charge is 0.416 e. The summed E-state index contributed by atoms with van der Waals surface area (Å²) in [4.78, 5) is 0. The average molecular weight is 302 g/mol. The fourth-order valence-corrected chi connectivity index (χ4v) is 1.40. The third kappa shape index (κ3) is 4.92. The Balaban J connectivity index is 2.99. The second-order valence-corrected chi connectivity index (χ2v) is 3.94. The summed E-state index contributed by atoms with van der Waals surface area (Å²) < 4.78 is 84.8. The van der Waals surface area contributed by atoms with Gasteiger partial charge >= 0.3 is 12.4 Å². The standard InChI is InChI=1S/C12H12F6O2/c1-19-3-2-4-20-10-6-8(11(13,14)15)5-9(7-10)12(16,17)18/h5-7H,2-4H2,1H3. The van der Waals surface area contributed by atoms with E-state index in [9.17, 15) is 26.3 Å². The van der Waals surface area contributed by atoms with Crippen molar-refractivity contribution in [2.75, 3.05) is 20.3 Å². The van der Waals surface area contributed by atoms with Crippen molar-refractivity contribution in [3.63, 3.8) is 0 Å². The van der Waals surface area contributed by atoms with Crippen LogP contribution in [0.4, 0.5) is 26.3 Å². The van der Waals surface area contributed by atoms with Crippen LogP contribution in [0, 0.1) is 0 Å². The van der Waals surface area contributed by atoms with Gasteiger partial charge in [0.15, 0.2) is 0 Å². The molecule has 1 rings (SSSR count). The highest BCUT2D eigenvalue weighted by molar-refractivity contribution is 5.37. The number of methoxy groups -OCH3 is 1. The molecule has 0 radical (unpaired) electrons. The molecule has 0 N–H and O–H groups in total. The monoisotopic (exact) mass is 302 g/mol. The van der Waals surface area contributed by atoms with Crippen molar-refractivity contribution < 1.29 is 35.8 Å². The van der Waals surface area contributed by atoms with E-state index >= 15 is 0 Å². The maximum absolute atomic E-state index is 12.5. The lowest BCUT2D eigenvalue weighted by atomic mass is 10.1. The van der Waals surface area contributed by atoms with Crippen LogP contribution in [-0.2, 0) is 17.1 Å². The number of hydrogen-bond acceptors (Lipinski definition) is 2. The Labute approximate surface area is 111 Å². The van der Waals surface area contributed by atoms with E-state index in [2.05, 4.69) is 0 Å². The van der Waals surface area contributed by atoms with Crippen molar-refractivity contribution in [1.29, 1.82) is 0 Å². The summed E-state index contributed by atoms with van der Waals surface area (Å²) in [6.07, 6.45) is -9.38. The molecule has 0 amide bonds.